The molecule has 0 amide bonds. The summed E-state index contributed by atoms with van der Waals surface area (Å²) in [4.78, 5) is 0. The van der Waals surface area contributed by atoms with E-state index in [0.717, 1.165) is 12.3 Å². The van der Waals surface area contributed by atoms with Crippen LogP contribution < -0.4 is 5.32 Å². The monoisotopic (exact) mass is 243 g/mol. The number of aliphatic hydroxyl groups is 2. The molecule has 3 N–H and O–H groups in total. The van der Waals surface area contributed by atoms with Gasteiger partial charge >= 0.3 is 0 Å². The molecule has 1 rings (SSSR count). The van der Waals surface area contributed by atoms with E-state index in [4.69, 9.17) is 5.11 Å². The summed E-state index contributed by atoms with van der Waals surface area (Å²) in [6.45, 7) is 4.29. The van der Waals surface area contributed by atoms with E-state index in [-0.39, 0.29) is 12.6 Å². The van der Waals surface area contributed by atoms with E-state index in [9.17, 15) is 5.11 Å². The van der Waals surface area contributed by atoms with Crippen LogP contribution in [0.25, 0.3) is 0 Å². The molecule has 1 aliphatic carbocycles. The molecule has 0 bridgehead atoms. The molecule has 0 spiro atoms. The van der Waals surface area contributed by atoms with Crippen LogP contribution in [0.5, 0.6) is 0 Å². The van der Waals surface area contributed by atoms with Gasteiger partial charge < -0.3 is 15.5 Å². The topological polar surface area (TPSA) is 52.5 Å². The van der Waals surface area contributed by atoms with Gasteiger partial charge in [-0.3, -0.25) is 0 Å². The van der Waals surface area contributed by atoms with Crippen molar-refractivity contribution in [1.82, 2.24) is 5.32 Å². The van der Waals surface area contributed by atoms with Crippen molar-refractivity contribution >= 4 is 0 Å². The Labute approximate surface area is 106 Å². The van der Waals surface area contributed by atoms with Gasteiger partial charge in [0.1, 0.15) is 0 Å². The highest BCUT2D eigenvalue weighted by Crippen LogP contribution is 2.28. The molecule has 0 aliphatic heterocycles. The SMILES string of the molecule is CC(C)N[C@@H](CC1CCCCC1)[C@@H](O)CCO. The van der Waals surface area contributed by atoms with Gasteiger partial charge in [0, 0.05) is 18.7 Å². The zero-order chi connectivity index (χ0) is 12.7. The average molecular weight is 243 g/mol. The fraction of sp³-hybridized carbons (Fsp3) is 1.00. The summed E-state index contributed by atoms with van der Waals surface area (Å²) in [5.41, 5.74) is 0. The van der Waals surface area contributed by atoms with Gasteiger partial charge in [0.05, 0.1) is 6.10 Å². The van der Waals surface area contributed by atoms with Crippen molar-refractivity contribution in [2.24, 2.45) is 5.92 Å². The standard InChI is InChI=1S/C14H29NO2/c1-11(2)15-13(14(17)8-9-16)10-12-6-4-3-5-7-12/h11-17H,3-10H2,1-2H3/t13-,14-/m0/s1. The van der Waals surface area contributed by atoms with Crippen molar-refractivity contribution in [2.75, 3.05) is 6.61 Å². The number of hydrogen-bond donors (Lipinski definition) is 3. The van der Waals surface area contributed by atoms with Gasteiger partial charge in [-0.1, -0.05) is 46.0 Å². The van der Waals surface area contributed by atoms with E-state index < -0.39 is 6.10 Å². The summed E-state index contributed by atoms with van der Waals surface area (Å²) in [5, 5.41) is 22.5. The summed E-state index contributed by atoms with van der Waals surface area (Å²) in [5.74, 6) is 0.758. The lowest BCUT2D eigenvalue weighted by Crippen LogP contribution is -2.45. The predicted molar refractivity (Wildman–Crippen MR) is 71.0 cm³/mol. The van der Waals surface area contributed by atoms with Crippen LogP contribution in [-0.4, -0.2) is 35.0 Å². The number of rotatable bonds is 7. The van der Waals surface area contributed by atoms with E-state index in [1.807, 2.05) is 0 Å². The molecule has 102 valence electrons. The van der Waals surface area contributed by atoms with Crippen LogP contribution in [0, 0.1) is 5.92 Å². The highest BCUT2D eigenvalue weighted by Gasteiger charge is 2.24. The molecule has 2 atom stereocenters. The zero-order valence-corrected chi connectivity index (χ0v) is 11.4. The van der Waals surface area contributed by atoms with Crippen molar-refractivity contribution in [2.45, 2.75) is 77.0 Å². The van der Waals surface area contributed by atoms with Gasteiger partial charge in [-0.25, -0.2) is 0 Å². The van der Waals surface area contributed by atoms with Crippen LogP contribution in [0.15, 0.2) is 0 Å². The first-order valence-corrected chi connectivity index (χ1v) is 7.18. The second-order valence-electron chi connectivity index (χ2n) is 5.75. The van der Waals surface area contributed by atoms with Crippen LogP contribution in [0.1, 0.15) is 58.8 Å². The Morgan fingerprint density at radius 2 is 1.82 bits per heavy atom. The molecule has 1 saturated carbocycles. The third-order valence-electron chi connectivity index (χ3n) is 3.75. The van der Waals surface area contributed by atoms with Crippen LogP contribution in [0.2, 0.25) is 0 Å². The Balaban J connectivity index is 2.43. The van der Waals surface area contributed by atoms with Gasteiger partial charge in [0.15, 0.2) is 0 Å². The average Bonchev–Trinajstić information content (AvgIpc) is 2.29. The van der Waals surface area contributed by atoms with Crippen molar-refractivity contribution in [3.05, 3.63) is 0 Å². The molecule has 0 saturated heterocycles. The highest BCUT2D eigenvalue weighted by molar-refractivity contribution is 4.81. The maximum Gasteiger partial charge on any atom is 0.0715 e. The molecule has 0 heterocycles. The van der Waals surface area contributed by atoms with Gasteiger partial charge in [-0.05, 0) is 18.8 Å². The molecule has 3 heteroatoms. The Morgan fingerprint density at radius 1 is 1.18 bits per heavy atom. The Hall–Kier alpha value is -0.120. The van der Waals surface area contributed by atoms with Crippen LogP contribution >= 0.6 is 0 Å². The molecule has 0 radical (unpaired) electrons. The third kappa shape index (κ3) is 5.84. The van der Waals surface area contributed by atoms with Gasteiger partial charge in [0.2, 0.25) is 0 Å². The normalized spacial score (nSPS) is 21.7. The first-order chi connectivity index (χ1) is 8.13. The van der Waals surface area contributed by atoms with Crippen LogP contribution in [0.4, 0.5) is 0 Å². The third-order valence-corrected chi connectivity index (χ3v) is 3.75. The minimum atomic E-state index is -0.413. The Bertz CT molecular complexity index is 191. The minimum absolute atomic E-state index is 0.0715. The highest BCUT2D eigenvalue weighted by atomic mass is 16.3. The van der Waals surface area contributed by atoms with Gasteiger partial charge in [-0.15, -0.1) is 0 Å². The molecule has 1 aliphatic rings. The molecule has 0 aromatic heterocycles. The lowest BCUT2D eigenvalue weighted by molar-refractivity contribution is 0.0782. The molecule has 3 nitrogen and oxygen atoms in total. The van der Waals surface area contributed by atoms with Gasteiger partial charge in [0.25, 0.3) is 0 Å². The van der Waals surface area contributed by atoms with Crippen molar-refractivity contribution < 1.29 is 10.2 Å². The van der Waals surface area contributed by atoms with Crippen molar-refractivity contribution in [1.29, 1.82) is 0 Å². The van der Waals surface area contributed by atoms with Crippen molar-refractivity contribution in [3.63, 3.8) is 0 Å². The number of aliphatic hydroxyl groups excluding tert-OH is 2. The quantitative estimate of drug-likeness (QED) is 0.641. The molecular weight excluding hydrogens is 214 g/mol. The zero-order valence-electron chi connectivity index (χ0n) is 11.4. The second kappa shape index (κ2) is 8.06. The van der Waals surface area contributed by atoms with Crippen LogP contribution in [-0.2, 0) is 0 Å². The second-order valence-corrected chi connectivity index (χ2v) is 5.75. The number of hydrogen-bond acceptors (Lipinski definition) is 3. The molecule has 17 heavy (non-hydrogen) atoms. The lowest BCUT2D eigenvalue weighted by atomic mass is 9.83. The molecular formula is C14H29NO2. The predicted octanol–water partition coefficient (Wildman–Crippen LogP) is 2.07. The molecule has 1 fully saturated rings. The first-order valence-electron chi connectivity index (χ1n) is 7.18. The van der Waals surface area contributed by atoms with Crippen LogP contribution in [0.3, 0.4) is 0 Å². The van der Waals surface area contributed by atoms with Gasteiger partial charge in [-0.2, -0.15) is 0 Å². The van der Waals surface area contributed by atoms with E-state index in [2.05, 4.69) is 19.2 Å². The largest absolute Gasteiger partial charge is 0.396 e. The van der Waals surface area contributed by atoms with E-state index in [1.54, 1.807) is 0 Å². The summed E-state index contributed by atoms with van der Waals surface area (Å²) < 4.78 is 0. The summed E-state index contributed by atoms with van der Waals surface area (Å²) in [6, 6.07) is 0.530. The van der Waals surface area contributed by atoms with Crippen molar-refractivity contribution in [3.8, 4) is 0 Å². The van der Waals surface area contributed by atoms with E-state index >= 15 is 0 Å². The fourth-order valence-corrected chi connectivity index (χ4v) is 2.88. The maximum atomic E-state index is 10.1. The Morgan fingerprint density at radius 3 is 2.35 bits per heavy atom. The number of nitrogens with one attached hydrogen (secondary N) is 1. The maximum absolute atomic E-state index is 10.1. The molecule has 0 aromatic rings. The first kappa shape index (κ1) is 14.9. The minimum Gasteiger partial charge on any atom is -0.396 e. The fourth-order valence-electron chi connectivity index (χ4n) is 2.88. The molecule has 0 unspecified atom stereocenters. The molecule has 0 aromatic carbocycles. The lowest BCUT2D eigenvalue weighted by Gasteiger charge is -2.31. The summed E-state index contributed by atoms with van der Waals surface area (Å²) in [7, 11) is 0. The summed E-state index contributed by atoms with van der Waals surface area (Å²) in [6.07, 6.45) is 7.80. The Kier molecular flexibility index (Phi) is 7.09. The van der Waals surface area contributed by atoms with E-state index in [1.165, 1.54) is 32.1 Å². The smallest absolute Gasteiger partial charge is 0.0715 e. The summed E-state index contributed by atoms with van der Waals surface area (Å²) >= 11 is 0. The van der Waals surface area contributed by atoms with E-state index in [0.29, 0.717) is 12.5 Å².